The molecule has 6 heteroatoms. The lowest BCUT2D eigenvalue weighted by atomic mass is 10.1. The van der Waals surface area contributed by atoms with Crippen LogP contribution in [0.4, 0.5) is 0 Å². The molecule has 24 heavy (non-hydrogen) atoms. The molecule has 0 aliphatic heterocycles. The number of benzene rings is 1. The highest BCUT2D eigenvalue weighted by atomic mass is 35.5. The van der Waals surface area contributed by atoms with Crippen LogP contribution in [-0.2, 0) is 11.3 Å². The topological polar surface area (TPSA) is 71.5 Å². The Hall–Kier alpha value is -2.11. The van der Waals surface area contributed by atoms with Crippen LogP contribution in [0.25, 0.3) is 0 Å². The number of halogens is 1. The first-order valence-corrected chi connectivity index (χ1v) is 8.24. The van der Waals surface area contributed by atoms with Crippen LogP contribution >= 0.6 is 11.6 Å². The zero-order valence-corrected chi connectivity index (χ0v) is 14.3. The fourth-order valence-electron chi connectivity index (χ4n) is 2.06. The van der Waals surface area contributed by atoms with Crippen molar-refractivity contribution >= 4 is 17.5 Å². The molecule has 128 valence electrons. The van der Waals surface area contributed by atoms with Crippen LogP contribution in [0.3, 0.4) is 0 Å². The molecule has 0 saturated heterocycles. The summed E-state index contributed by atoms with van der Waals surface area (Å²) < 4.78 is 5.40. The van der Waals surface area contributed by atoms with Crippen LogP contribution in [0.15, 0.2) is 42.6 Å². The van der Waals surface area contributed by atoms with E-state index in [2.05, 4.69) is 10.3 Å². The van der Waals surface area contributed by atoms with Crippen LogP contribution in [0.5, 0.6) is 5.88 Å². The van der Waals surface area contributed by atoms with Crippen molar-refractivity contribution in [1.82, 2.24) is 10.3 Å². The Labute approximate surface area is 146 Å². The van der Waals surface area contributed by atoms with Gasteiger partial charge in [-0.15, -0.1) is 0 Å². The molecule has 0 saturated carbocycles. The van der Waals surface area contributed by atoms with Crippen LogP contribution in [0.1, 0.15) is 37.0 Å². The number of ether oxygens (including phenoxy) is 1. The van der Waals surface area contributed by atoms with E-state index in [1.165, 1.54) is 0 Å². The highest BCUT2D eigenvalue weighted by molar-refractivity contribution is 6.30. The maximum Gasteiger partial charge on any atom is 0.223 e. The number of aliphatic hydroxyl groups is 1. The molecule has 1 aromatic carbocycles. The molecular formula is C18H21ClN2O3. The summed E-state index contributed by atoms with van der Waals surface area (Å²) in [5, 5.41) is 13.4. The Morgan fingerprint density at radius 2 is 2.04 bits per heavy atom. The van der Waals surface area contributed by atoms with Crippen molar-refractivity contribution in [3.05, 3.63) is 58.7 Å². The zero-order chi connectivity index (χ0) is 17.4. The minimum atomic E-state index is -0.856. The number of nitrogens with zero attached hydrogens (tertiary/aromatic N) is 1. The number of aliphatic hydroxyl groups excluding tert-OH is 1. The van der Waals surface area contributed by atoms with Crippen LogP contribution < -0.4 is 10.1 Å². The number of amides is 1. The van der Waals surface area contributed by atoms with Crippen molar-refractivity contribution < 1.29 is 14.6 Å². The van der Waals surface area contributed by atoms with E-state index in [9.17, 15) is 9.90 Å². The number of aromatic nitrogens is 1. The number of carbonyl (C=O) groups excluding carboxylic acids is 1. The molecule has 0 aliphatic rings. The third-order valence-corrected chi connectivity index (χ3v) is 3.63. The fraction of sp³-hybridized carbons (Fsp3) is 0.333. The third-order valence-electron chi connectivity index (χ3n) is 3.37. The number of nitrogens with one attached hydrogen (secondary N) is 1. The molecular weight excluding hydrogens is 328 g/mol. The lowest BCUT2D eigenvalue weighted by Crippen LogP contribution is -2.24. The average molecular weight is 349 g/mol. The molecule has 5 nitrogen and oxygen atoms in total. The van der Waals surface area contributed by atoms with Crippen molar-refractivity contribution in [3.8, 4) is 5.88 Å². The van der Waals surface area contributed by atoms with Gasteiger partial charge in [0.25, 0.3) is 0 Å². The SMILES string of the molecule is CCCOc1ccc(CNC(=O)CC(O)c2ccc(Cl)cc2)cn1. The summed E-state index contributed by atoms with van der Waals surface area (Å²) in [6.07, 6.45) is 1.73. The van der Waals surface area contributed by atoms with E-state index in [0.717, 1.165) is 12.0 Å². The summed E-state index contributed by atoms with van der Waals surface area (Å²) in [5.41, 5.74) is 1.53. The molecule has 2 N–H and O–H groups in total. The van der Waals surface area contributed by atoms with Gasteiger partial charge in [-0.2, -0.15) is 0 Å². The molecule has 1 amide bonds. The van der Waals surface area contributed by atoms with Gasteiger partial charge in [0.15, 0.2) is 0 Å². The number of rotatable bonds is 8. The summed E-state index contributed by atoms with van der Waals surface area (Å²) in [5.74, 6) is 0.342. The van der Waals surface area contributed by atoms with Gasteiger partial charge < -0.3 is 15.2 Å². The highest BCUT2D eigenvalue weighted by Gasteiger charge is 2.12. The van der Waals surface area contributed by atoms with Crippen molar-refractivity contribution in [1.29, 1.82) is 0 Å². The molecule has 1 unspecified atom stereocenters. The summed E-state index contributed by atoms with van der Waals surface area (Å²) in [6, 6.07) is 10.4. The molecule has 0 fully saturated rings. The number of pyridine rings is 1. The summed E-state index contributed by atoms with van der Waals surface area (Å²) >= 11 is 5.80. The monoisotopic (exact) mass is 348 g/mol. The molecule has 0 spiro atoms. The van der Waals surface area contributed by atoms with E-state index >= 15 is 0 Å². The standard InChI is InChI=1S/C18H21ClN2O3/c1-2-9-24-18-8-3-13(12-21-18)11-20-17(23)10-16(22)14-4-6-15(19)7-5-14/h3-8,12,16,22H,2,9-11H2,1H3,(H,20,23). The largest absolute Gasteiger partial charge is 0.478 e. The second-order valence-corrected chi connectivity index (χ2v) is 5.84. The molecule has 1 aromatic heterocycles. The van der Waals surface area contributed by atoms with Crippen molar-refractivity contribution in [3.63, 3.8) is 0 Å². The molecule has 2 rings (SSSR count). The molecule has 0 radical (unpaired) electrons. The fourth-order valence-corrected chi connectivity index (χ4v) is 2.18. The van der Waals surface area contributed by atoms with Crippen LogP contribution in [-0.4, -0.2) is 22.6 Å². The Morgan fingerprint density at radius 3 is 2.67 bits per heavy atom. The van der Waals surface area contributed by atoms with E-state index in [1.54, 1.807) is 36.5 Å². The van der Waals surface area contributed by atoms with Gasteiger partial charge in [0, 0.05) is 23.8 Å². The maximum absolute atomic E-state index is 11.9. The number of hydrogen-bond acceptors (Lipinski definition) is 4. The van der Waals surface area contributed by atoms with Crippen molar-refractivity contribution in [2.75, 3.05) is 6.61 Å². The number of hydrogen-bond donors (Lipinski definition) is 2. The molecule has 1 atom stereocenters. The summed E-state index contributed by atoms with van der Waals surface area (Å²) in [7, 11) is 0. The van der Waals surface area contributed by atoms with Gasteiger partial charge in [-0.05, 0) is 29.7 Å². The van der Waals surface area contributed by atoms with Gasteiger partial charge in [0.2, 0.25) is 11.8 Å². The molecule has 2 aromatic rings. The van der Waals surface area contributed by atoms with Gasteiger partial charge in [0.1, 0.15) is 0 Å². The van der Waals surface area contributed by atoms with E-state index in [0.29, 0.717) is 29.6 Å². The zero-order valence-electron chi connectivity index (χ0n) is 13.5. The predicted molar refractivity (Wildman–Crippen MR) is 92.9 cm³/mol. The van der Waals surface area contributed by atoms with Crippen LogP contribution in [0.2, 0.25) is 5.02 Å². The van der Waals surface area contributed by atoms with Crippen molar-refractivity contribution in [2.24, 2.45) is 0 Å². The minimum absolute atomic E-state index is 0.00719. The van der Waals surface area contributed by atoms with Gasteiger partial charge in [-0.1, -0.05) is 36.7 Å². The van der Waals surface area contributed by atoms with E-state index in [-0.39, 0.29) is 12.3 Å². The van der Waals surface area contributed by atoms with E-state index < -0.39 is 6.10 Å². The second-order valence-electron chi connectivity index (χ2n) is 5.40. The van der Waals surface area contributed by atoms with E-state index in [4.69, 9.17) is 16.3 Å². The normalized spacial score (nSPS) is 11.8. The second kappa shape index (κ2) is 9.25. The molecule has 1 heterocycles. The van der Waals surface area contributed by atoms with Crippen molar-refractivity contribution in [2.45, 2.75) is 32.4 Å². The molecule has 0 aliphatic carbocycles. The van der Waals surface area contributed by atoms with Gasteiger partial charge in [-0.3, -0.25) is 4.79 Å². The Kier molecular flexibility index (Phi) is 7.03. The highest BCUT2D eigenvalue weighted by Crippen LogP contribution is 2.19. The molecule has 0 bridgehead atoms. The first-order valence-electron chi connectivity index (χ1n) is 7.86. The maximum atomic E-state index is 11.9. The van der Waals surface area contributed by atoms with Gasteiger partial charge in [0.05, 0.1) is 19.1 Å². The van der Waals surface area contributed by atoms with Crippen LogP contribution in [0, 0.1) is 0 Å². The quantitative estimate of drug-likeness (QED) is 0.768. The first kappa shape index (κ1) is 18.2. The average Bonchev–Trinajstić information content (AvgIpc) is 2.59. The Balaban J connectivity index is 1.79. The smallest absolute Gasteiger partial charge is 0.223 e. The number of carbonyl (C=O) groups is 1. The predicted octanol–water partition coefficient (Wildman–Crippen LogP) is 3.26. The Bertz CT molecular complexity index is 644. The summed E-state index contributed by atoms with van der Waals surface area (Å²) in [4.78, 5) is 16.1. The lowest BCUT2D eigenvalue weighted by molar-refractivity contribution is -0.123. The van der Waals surface area contributed by atoms with E-state index in [1.807, 2.05) is 13.0 Å². The van der Waals surface area contributed by atoms with Gasteiger partial charge >= 0.3 is 0 Å². The Morgan fingerprint density at radius 1 is 1.29 bits per heavy atom. The first-order chi connectivity index (χ1) is 11.6. The van der Waals surface area contributed by atoms with Gasteiger partial charge in [-0.25, -0.2) is 4.98 Å². The lowest BCUT2D eigenvalue weighted by Gasteiger charge is -2.11. The third kappa shape index (κ3) is 5.83. The summed E-state index contributed by atoms with van der Waals surface area (Å²) in [6.45, 7) is 3.02. The minimum Gasteiger partial charge on any atom is -0.478 e.